The highest BCUT2D eigenvalue weighted by Crippen LogP contribution is 2.35. The van der Waals surface area contributed by atoms with Crippen LogP contribution in [0, 0.1) is 0 Å². The molecule has 0 saturated heterocycles. The highest BCUT2D eigenvalue weighted by atomic mass is 16.5. The topological polar surface area (TPSA) is 121 Å². The van der Waals surface area contributed by atoms with E-state index < -0.39 is 14.6 Å². The Morgan fingerprint density at radius 3 is 1.19 bits per heavy atom. The first-order chi connectivity index (χ1) is 9.91. The third kappa shape index (κ3) is 6.09. The maximum Gasteiger partial charge on any atom is 0.631 e. The third-order valence-electron chi connectivity index (χ3n) is 2.71. The monoisotopic (exact) mass is 290 g/mol. The molecule has 6 N–H and O–H groups in total. The molecule has 2 aromatic rings. The maximum absolute atomic E-state index is 7.17. The van der Waals surface area contributed by atoms with E-state index >= 15 is 0 Å². The van der Waals surface area contributed by atoms with Crippen molar-refractivity contribution in [2.45, 2.75) is 6.42 Å². The molecule has 1 aliphatic rings. The van der Waals surface area contributed by atoms with E-state index in [0.29, 0.717) is 0 Å². The average molecular weight is 290 g/mol. The minimum absolute atomic E-state index is 1.10. The molecule has 0 saturated carbocycles. The molecule has 0 unspecified atom stereocenters. The van der Waals surface area contributed by atoms with Gasteiger partial charge < -0.3 is 30.1 Å². The molecule has 0 aromatic heterocycles. The van der Waals surface area contributed by atoms with Crippen molar-refractivity contribution in [3.63, 3.8) is 0 Å². The summed E-state index contributed by atoms with van der Waals surface area (Å²) in [6.45, 7) is 0. The van der Waals surface area contributed by atoms with E-state index in [1.165, 1.54) is 22.3 Å². The van der Waals surface area contributed by atoms with Crippen LogP contribution in [-0.2, 0) is 6.42 Å². The number of hydrogen-bond acceptors (Lipinski definition) is 6. The van der Waals surface area contributed by atoms with Crippen molar-refractivity contribution < 1.29 is 30.1 Å². The molecule has 0 fully saturated rings. The van der Waals surface area contributed by atoms with Gasteiger partial charge in [-0.15, -0.1) is 0 Å². The summed E-state index contributed by atoms with van der Waals surface area (Å²) in [6.07, 6.45) is 1.10. The third-order valence-corrected chi connectivity index (χ3v) is 2.71. The standard InChI is InChI=1S/C13H10.2BH3O3/c1-3-7-12-10(5-1)9-11-6-2-4-8-13(11)12;2*2-1(3)4/h1-8H,9H2;2*2-4H. The summed E-state index contributed by atoms with van der Waals surface area (Å²) < 4.78 is 0. The van der Waals surface area contributed by atoms with Crippen LogP contribution < -0.4 is 0 Å². The molecule has 0 radical (unpaired) electrons. The Kier molecular flexibility index (Phi) is 7.10. The summed E-state index contributed by atoms with van der Waals surface area (Å²) in [4.78, 5) is 0. The van der Waals surface area contributed by atoms with E-state index in [4.69, 9.17) is 30.1 Å². The first-order valence-electron chi connectivity index (χ1n) is 6.16. The number of benzene rings is 2. The Hall–Kier alpha value is -1.67. The SMILES string of the molecule is OB(O)O.OB(O)O.c1ccc2c(c1)Cc1ccccc1-2. The van der Waals surface area contributed by atoms with Gasteiger partial charge in [0, 0.05) is 0 Å². The Morgan fingerprint density at radius 1 is 0.571 bits per heavy atom. The van der Waals surface area contributed by atoms with Crippen molar-refractivity contribution in [1.29, 1.82) is 0 Å². The van der Waals surface area contributed by atoms with Crippen molar-refractivity contribution in [2.75, 3.05) is 0 Å². The highest BCUT2D eigenvalue weighted by Gasteiger charge is 2.15. The van der Waals surface area contributed by atoms with E-state index in [0.717, 1.165) is 6.42 Å². The summed E-state index contributed by atoms with van der Waals surface area (Å²) in [7, 11) is -4.33. The van der Waals surface area contributed by atoms with Gasteiger partial charge in [0.25, 0.3) is 0 Å². The van der Waals surface area contributed by atoms with Crippen molar-refractivity contribution in [2.24, 2.45) is 0 Å². The van der Waals surface area contributed by atoms with Crippen molar-refractivity contribution in [3.05, 3.63) is 59.7 Å². The Balaban J connectivity index is 0.000000234. The summed E-state index contributed by atoms with van der Waals surface area (Å²) in [6, 6.07) is 17.3. The molecule has 0 bridgehead atoms. The van der Waals surface area contributed by atoms with E-state index in [1.807, 2.05) is 0 Å². The molecule has 110 valence electrons. The van der Waals surface area contributed by atoms with Crippen LogP contribution in [0.15, 0.2) is 48.5 Å². The van der Waals surface area contributed by atoms with Crippen molar-refractivity contribution in [3.8, 4) is 11.1 Å². The second-order valence-corrected chi connectivity index (χ2v) is 4.18. The molecule has 3 rings (SSSR count). The molecule has 0 spiro atoms. The molecule has 0 amide bonds. The summed E-state index contributed by atoms with van der Waals surface area (Å²) in [5.74, 6) is 0. The van der Waals surface area contributed by atoms with Crippen LogP contribution in [0.25, 0.3) is 11.1 Å². The molecule has 2 aromatic carbocycles. The molecular formula is C13H16B2O6. The lowest BCUT2D eigenvalue weighted by atomic mass is 10.1. The average Bonchev–Trinajstić information content (AvgIpc) is 2.76. The molecule has 21 heavy (non-hydrogen) atoms. The minimum Gasteiger partial charge on any atom is -0.402 e. The van der Waals surface area contributed by atoms with E-state index in [2.05, 4.69) is 48.5 Å². The fraction of sp³-hybridized carbons (Fsp3) is 0.0769. The zero-order valence-corrected chi connectivity index (χ0v) is 11.2. The lowest BCUT2D eigenvalue weighted by molar-refractivity contribution is 0.276. The van der Waals surface area contributed by atoms with Gasteiger partial charge in [-0.25, -0.2) is 0 Å². The largest absolute Gasteiger partial charge is 0.631 e. The van der Waals surface area contributed by atoms with Crippen LogP contribution in [0.2, 0.25) is 0 Å². The van der Waals surface area contributed by atoms with Crippen LogP contribution in [0.3, 0.4) is 0 Å². The summed E-state index contributed by atoms with van der Waals surface area (Å²) in [5.41, 5.74) is 5.75. The Morgan fingerprint density at radius 2 is 0.857 bits per heavy atom. The maximum atomic E-state index is 7.17. The van der Waals surface area contributed by atoms with Gasteiger partial charge in [-0.1, -0.05) is 48.5 Å². The van der Waals surface area contributed by atoms with Gasteiger partial charge in [0.1, 0.15) is 0 Å². The van der Waals surface area contributed by atoms with E-state index in [9.17, 15) is 0 Å². The van der Waals surface area contributed by atoms with Crippen molar-refractivity contribution >= 4 is 14.6 Å². The first-order valence-corrected chi connectivity index (χ1v) is 6.16. The molecule has 6 nitrogen and oxygen atoms in total. The predicted molar refractivity (Wildman–Crippen MR) is 79.5 cm³/mol. The highest BCUT2D eigenvalue weighted by molar-refractivity contribution is 6.30. The van der Waals surface area contributed by atoms with Crippen LogP contribution in [-0.4, -0.2) is 44.8 Å². The van der Waals surface area contributed by atoms with Crippen LogP contribution in [0.1, 0.15) is 11.1 Å². The molecule has 1 aliphatic carbocycles. The summed E-state index contributed by atoms with van der Waals surface area (Å²) in [5, 5.41) is 43.0. The van der Waals surface area contributed by atoms with Crippen LogP contribution in [0.4, 0.5) is 0 Å². The lowest BCUT2D eigenvalue weighted by Crippen LogP contribution is -2.07. The molecular weight excluding hydrogens is 274 g/mol. The van der Waals surface area contributed by atoms with E-state index in [1.54, 1.807) is 0 Å². The number of hydrogen-bond donors (Lipinski definition) is 6. The van der Waals surface area contributed by atoms with Gasteiger partial charge in [0.15, 0.2) is 0 Å². The van der Waals surface area contributed by atoms with Gasteiger partial charge in [-0.3, -0.25) is 0 Å². The Labute approximate surface area is 122 Å². The second-order valence-electron chi connectivity index (χ2n) is 4.18. The first kappa shape index (κ1) is 17.4. The van der Waals surface area contributed by atoms with Crippen molar-refractivity contribution in [1.82, 2.24) is 0 Å². The summed E-state index contributed by atoms with van der Waals surface area (Å²) >= 11 is 0. The molecule has 0 heterocycles. The van der Waals surface area contributed by atoms with Gasteiger partial charge in [0.05, 0.1) is 0 Å². The predicted octanol–water partition coefficient (Wildman–Crippen LogP) is -0.846. The smallest absolute Gasteiger partial charge is 0.402 e. The minimum atomic E-state index is -2.17. The van der Waals surface area contributed by atoms with Crippen LogP contribution in [0.5, 0.6) is 0 Å². The molecule has 0 atom stereocenters. The molecule has 0 aliphatic heterocycles. The number of fused-ring (bicyclic) bond motifs is 3. The Bertz CT molecular complexity index is 507. The lowest BCUT2D eigenvalue weighted by Gasteiger charge is -1.98. The number of rotatable bonds is 0. The zero-order chi connectivity index (χ0) is 15.8. The van der Waals surface area contributed by atoms with E-state index in [-0.39, 0.29) is 0 Å². The van der Waals surface area contributed by atoms with Crippen LogP contribution >= 0.6 is 0 Å². The fourth-order valence-corrected chi connectivity index (χ4v) is 2.08. The quantitative estimate of drug-likeness (QED) is 0.300. The zero-order valence-electron chi connectivity index (χ0n) is 11.2. The molecule has 8 heteroatoms. The normalized spacial score (nSPS) is 10.2. The van der Waals surface area contributed by atoms with Gasteiger partial charge in [-0.05, 0) is 28.7 Å². The van der Waals surface area contributed by atoms with Gasteiger partial charge >= 0.3 is 14.6 Å². The second kappa shape index (κ2) is 8.58. The fourth-order valence-electron chi connectivity index (χ4n) is 2.08. The van der Waals surface area contributed by atoms with Gasteiger partial charge in [-0.2, -0.15) is 0 Å². The van der Waals surface area contributed by atoms with Gasteiger partial charge in [0.2, 0.25) is 0 Å².